The summed E-state index contributed by atoms with van der Waals surface area (Å²) in [6, 6.07) is 0.413. The third-order valence-corrected chi connectivity index (χ3v) is 2.43. The Labute approximate surface area is 86.2 Å². The lowest BCUT2D eigenvalue weighted by molar-refractivity contribution is -0.130. The zero-order valence-electron chi connectivity index (χ0n) is 9.59. The topological polar surface area (TPSA) is 38.3 Å². The van der Waals surface area contributed by atoms with Gasteiger partial charge in [0.05, 0.1) is 5.60 Å². The molecular weight excluding hydrogens is 178 g/mol. The van der Waals surface area contributed by atoms with Gasteiger partial charge < -0.3 is 10.1 Å². The molecule has 1 fully saturated rings. The summed E-state index contributed by atoms with van der Waals surface area (Å²) in [5.74, 6) is 0.717. The Morgan fingerprint density at radius 2 is 2.14 bits per heavy atom. The maximum Gasteiger partial charge on any atom is 0.246 e. The van der Waals surface area contributed by atoms with E-state index < -0.39 is 0 Å². The summed E-state index contributed by atoms with van der Waals surface area (Å²) in [7, 11) is 0. The second-order valence-corrected chi connectivity index (χ2v) is 4.98. The highest BCUT2D eigenvalue weighted by atomic mass is 16.5. The van der Waals surface area contributed by atoms with Crippen LogP contribution in [0.3, 0.4) is 0 Å². The normalized spacial score (nSPS) is 26.0. The van der Waals surface area contributed by atoms with Gasteiger partial charge in [-0.3, -0.25) is 4.79 Å². The van der Waals surface area contributed by atoms with Gasteiger partial charge in [0, 0.05) is 6.04 Å². The number of carbonyl (C=O) groups is 1. The van der Waals surface area contributed by atoms with Gasteiger partial charge in [-0.05, 0) is 33.1 Å². The molecule has 2 atom stereocenters. The van der Waals surface area contributed by atoms with Crippen LogP contribution in [0.25, 0.3) is 0 Å². The van der Waals surface area contributed by atoms with Crippen molar-refractivity contribution in [3.8, 4) is 0 Å². The molecule has 1 aliphatic rings. The molecule has 1 N–H and O–H groups in total. The molecule has 2 unspecified atom stereocenters. The maximum atomic E-state index is 11.4. The van der Waals surface area contributed by atoms with Gasteiger partial charge in [-0.25, -0.2) is 0 Å². The van der Waals surface area contributed by atoms with Gasteiger partial charge in [0.15, 0.2) is 0 Å². The first-order valence-electron chi connectivity index (χ1n) is 5.35. The Balaban J connectivity index is 2.12. The molecule has 1 rings (SSSR count). The van der Waals surface area contributed by atoms with Crippen LogP contribution in [0.5, 0.6) is 0 Å². The molecule has 0 saturated heterocycles. The minimum atomic E-state index is -0.231. The van der Waals surface area contributed by atoms with E-state index in [1.54, 1.807) is 0 Å². The van der Waals surface area contributed by atoms with E-state index in [0.29, 0.717) is 12.0 Å². The van der Waals surface area contributed by atoms with Crippen LogP contribution in [-0.4, -0.2) is 24.2 Å². The van der Waals surface area contributed by atoms with Crippen molar-refractivity contribution in [2.45, 2.75) is 52.2 Å². The molecule has 0 spiro atoms. The molecule has 82 valence electrons. The quantitative estimate of drug-likeness (QED) is 0.748. The van der Waals surface area contributed by atoms with Crippen LogP contribution in [0.15, 0.2) is 0 Å². The van der Waals surface area contributed by atoms with Crippen molar-refractivity contribution in [1.29, 1.82) is 0 Å². The van der Waals surface area contributed by atoms with Gasteiger partial charge in [-0.2, -0.15) is 0 Å². The molecule has 3 nitrogen and oxygen atoms in total. The van der Waals surface area contributed by atoms with E-state index >= 15 is 0 Å². The van der Waals surface area contributed by atoms with Crippen LogP contribution < -0.4 is 5.32 Å². The monoisotopic (exact) mass is 199 g/mol. The first kappa shape index (κ1) is 11.5. The summed E-state index contributed by atoms with van der Waals surface area (Å²) in [4.78, 5) is 11.4. The number of hydrogen-bond acceptors (Lipinski definition) is 2. The van der Waals surface area contributed by atoms with Gasteiger partial charge >= 0.3 is 0 Å². The Hall–Kier alpha value is -0.570. The molecule has 14 heavy (non-hydrogen) atoms. The third-order valence-electron chi connectivity index (χ3n) is 2.43. The van der Waals surface area contributed by atoms with Crippen LogP contribution in [0.4, 0.5) is 0 Å². The van der Waals surface area contributed by atoms with E-state index in [1.165, 1.54) is 0 Å². The van der Waals surface area contributed by atoms with Crippen molar-refractivity contribution in [2.24, 2.45) is 5.92 Å². The third kappa shape index (κ3) is 4.09. The maximum absolute atomic E-state index is 11.4. The van der Waals surface area contributed by atoms with Gasteiger partial charge in [-0.1, -0.05) is 13.3 Å². The van der Waals surface area contributed by atoms with E-state index in [9.17, 15) is 4.79 Å². The fourth-order valence-corrected chi connectivity index (χ4v) is 1.41. The van der Waals surface area contributed by atoms with E-state index in [0.717, 1.165) is 12.8 Å². The Morgan fingerprint density at radius 3 is 2.57 bits per heavy atom. The van der Waals surface area contributed by atoms with E-state index in [1.807, 2.05) is 20.8 Å². The van der Waals surface area contributed by atoms with Gasteiger partial charge in [0.2, 0.25) is 5.91 Å². The van der Waals surface area contributed by atoms with E-state index in [4.69, 9.17) is 4.74 Å². The average Bonchev–Trinajstić information content (AvgIpc) is 2.79. The smallest absolute Gasteiger partial charge is 0.246 e. The lowest BCUT2D eigenvalue weighted by atomic mass is 10.2. The highest BCUT2D eigenvalue weighted by molar-refractivity contribution is 5.77. The van der Waals surface area contributed by atoms with Gasteiger partial charge in [-0.15, -0.1) is 0 Å². The van der Waals surface area contributed by atoms with Gasteiger partial charge in [0.1, 0.15) is 6.61 Å². The minimum absolute atomic E-state index is 0.0147. The molecular formula is C11H21NO2. The lowest BCUT2D eigenvalue weighted by Crippen LogP contribution is -2.33. The highest BCUT2D eigenvalue weighted by Crippen LogP contribution is 2.32. The van der Waals surface area contributed by atoms with E-state index in [-0.39, 0.29) is 18.1 Å². The van der Waals surface area contributed by atoms with Crippen LogP contribution in [0, 0.1) is 5.92 Å². The first-order chi connectivity index (χ1) is 6.42. The molecule has 1 aliphatic carbocycles. The summed E-state index contributed by atoms with van der Waals surface area (Å²) in [6.07, 6.45) is 2.29. The second kappa shape index (κ2) is 4.30. The number of nitrogens with one attached hydrogen (secondary N) is 1. The summed E-state index contributed by atoms with van der Waals surface area (Å²) in [5, 5.41) is 2.96. The second-order valence-electron chi connectivity index (χ2n) is 4.98. The predicted molar refractivity (Wildman–Crippen MR) is 56.0 cm³/mol. The van der Waals surface area contributed by atoms with Crippen molar-refractivity contribution < 1.29 is 9.53 Å². The summed E-state index contributed by atoms with van der Waals surface area (Å²) < 4.78 is 5.38. The molecule has 0 radical (unpaired) electrons. The molecule has 0 heterocycles. The number of rotatable bonds is 4. The molecule has 1 amide bonds. The van der Waals surface area contributed by atoms with Crippen LogP contribution >= 0.6 is 0 Å². The summed E-state index contributed by atoms with van der Waals surface area (Å²) in [5.41, 5.74) is -0.231. The largest absolute Gasteiger partial charge is 0.366 e. The van der Waals surface area contributed by atoms with Crippen molar-refractivity contribution in [3.05, 3.63) is 0 Å². The van der Waals surface area contributed by atoms with Crippen LogP contribution in [0.1, 0.15) is 40.5 Å². The minimum Gasteiger partial charge on any atom is -0.366 e. The zero-order valence-corrected chi connectivity index (χ0v) is 9.59. The molecule has 0 aromatic carbocycles. The van der Waals surface area contributed by atoms with Crippen molar-refractivity contribution >= 4 is 5.91 Å². The fraction of sp³-hybridized carbons (Fsp3) is 0.909. The molecule has 1 saturated carbocycles. The summed E-state index contributed by atoms with van der Waals surface area (Å²) in [6.45, 7) is 8.18. The SMILES string of the molecule is CCC1CC1NC(=O)COC(C)(C)C. The Kier molecular flexibility index (Phi) is 3.53. The molecule has 3 heteroatoms. The van der Waals surface area contributed by atoms with E-state index in [2.05, 4.69) is 12.2 Å². The standard InChI is InChI=1S/C11H21NO2/c1-5-8-6-9(8)12-10(13)7-14-11(2,3)4/h8-9H,5-7H2,1-4H3,(H,12,13). The zero-order chi connectivity index (χ0) is 10.8. The number of hydrogen-bond donors (Lipinski definition) is 1. The van der Waals surface area contributed by atoms with Crippen molar-refractivity contribution in [3.63, 3.8) is 0 Å². The number of amides is 1. The fourth-order valence-electron chi connectivity index (χ4n) is 1.41. The predicted octanol–water partition coefficient (Wildman–Crippen LogP) is 1.72. The van der Waals surface area contributed by atoms with Crippen LogP contribution in [0.2, 0.25) is 0 Å². The molecule has 0 aromatic rings. The number of carbonyl (C=O) groups excluding carboxylic acids is 1. The summed E-state index contributed by atoms with van der Waals surface area (Å²) >= 11 is 0. The highest BCUT2D eigenvalue weighted by Gasteiger charge is 2.36. The number of ether oxygens (including phenoxy) is 1. The molecule has 0 aliphatic heterocycles. The first-order valence-corrected chi connectivity index (χ1v) is 5.35. The molecule has 0 bridgehead atoms. The average molecular weight is 199 g/mol. The van der Waals surface area contributed by atoms with Gasteiger partial charge in [0.25, 0.3) is 0 Å². The van der Waals surface area contributed by atoms with Crippen molar-refractivity contribution in [1.82, 2.24) is 5.32 Å². The van der Waals surface area contributed by atoms with Crippen LogP contribution in [-0.2, 0) is 9.53 Å². The Morgan fingerprint density at radius 1 is 1.50 bits per heavy atom. The van der Waals surface area contributed by atoms with Crippen molar-refractivity contribution in [2.75, 3.05) is 6.61 Å². The molecule has 0 aromatic heterocycles. The lowest BCUT2D eigenvalue weighted by Gasteiger charge is -2.18. The Bertz CT molecular complexity index is 208.